The molecule has 3 heterocycles. The van der Waals surface area contributed by atoms with Crippen LogP contribution in [0.15, 0.2) is 91.0 Å². The monoisotopic (exact) mass is 930 g/mol. The molecule has 7 aromatic rings. The molecule has 69 heavy (non-hydrogen) atoms. The van der Waals surface area contributed by atoms with Gasteiger partial charge < -0.3 is 9.80 Å². The standard InChI is InChI=1S/C65H75BN2S/c1-38-31-53-57-54(32-38)68(50-24-22-41-40-19-17-18-20-55(40)69-58(41)56(50)59(2,3)4)52-37-47-45(63(11,12)28-30-65(47,15)16)35-49(52)66(57)48-34-44-46(64(13,14)29-27-62(44,9)10)36-51(48)67(53)39-21-23-42-43(33-39)61(7,8)26-25-60(42,5)6/h17-24,31-37H,25-30H2,1-16H3/i1D3. The van der Waals surface area contributed by atoms with Gasteiger partial charge in [-0.1, -0.05) is 146 Å². The molecule has 4 heteroatoms. The Balaban J connectivity index is 1.27. The molecule has 0 fully saturated rings. The van der Waals surface area contributed by atoms with Gasteiger partial charge in [0.25, 0.3) is 6.71 Å². The molecule has 0 atom stereocenters. The van der Waals surface area contributed by atoms with Gasteiger partial charge in [0.15, 0.2) is 0 Å². The van der Waals surface area contributed by atoms with Crippen LogP contribution in [0, 0.1) is 6.85 Å². The van der Waals surface area contributed by atoms with Gasteiger partial charge in [-0.3, -0.25) is 0 Å². The van der Waals surface area contributed by atoms with Crippen molar-refractivity contribution in [3.63, 3.8) is 0 Å². The molecule has 0 amide bonds. The Morgan fingerprint density at radius 2 is 0.957 bits per heavy atom. The number of rotatable bonds is 2. The number of aryl methyl sites for hydroxylation is 1. The summed E-state index contributed by atoms with van der Waals surface area (Å²) in [6.07, 6.45) is 6.70. The van der Waals surface area contributed by atoms with E-state index in [1.54, 1.807) is 0 Å². The minimum Gasteiger partial charge on any atom is -0.311 e. The summed E-state index contributed by atoms with van der Waals surface area (Å²) < 4.78 is 30.6. The minimum absolute atomic E-state index is 0.0200. The molecule has 1 aromatic heterocycles. The lowest BCUT2D eigenvalue weighted by Crippen LogP contribution is -2.62. The third-order valence-corrected chi connectivity index (χ3v) is 19.8. The fourth-order valence-corrected chi connectivity index (χ4v) is 15.5. The first-order valence-electron chi connectivity index (χ1n) is 27.7. The van der Waals surface area contributed by atoms with Gasteiger partial charge in [0.1, 0.15) is 0 Å². The van der Waals surface area contributed by atoms with Crippen molar-refractivity contribution >= 4 is 88.7 Å². The number of nitrogens with zero attached hydrogens (tertiary/aromatic N) is 2. The van der Waals surface area contributed by atoms with Crippen molar-refractivity contribution in [3.8, 4) is 0 Å². The Morgan fingerprint density at radius 3 is 1.49 bits per heavy atom. The molecule has 0 spiro atoms. The van der Waals surface area contributed by atoms with Gasteiger partial charge >= 0.3 is 0 Å². The Labute approximate surface area is 423 Å². The van der Waals surface area contributed by atoms with Crippen LogP contribution in [0.2, 0.25) is 0 Å². The zero-order valence-electron chi connectivity index (χ0n) is 47.3. The van der Waals surface area contributed by atoms with Crippen LogP contribution in [0.3, 0.4) is 0 Å². The lowest BCUT2D eigenvalue weighted by atomic mass is 9.32. The fraction of sp³-hybridized carbons (Fsp3) is 0.446. The minimum atomic E-state index is -2.37. The summed E-state index contributed by atoms with van der Waals surface area (Å²) in [4.78, 5) is 5.07. The summed E-state index contributed by atoms with van der Waals surface area (Å²) in [5.74, 6) is 0. The number of hydrogen-bond donors (Lipinski definition) is 0. The van der Waals surface area contributed by atoms with Crippen molar-refractivity contribution < 1.29 is 4.11 Å². The van der Waals surface area contributed by atoms with E-state index < -0.39 is 6.85 Å². The number of hydrogen-bond acceptors (Lipinski definition) is 3. The molecule has 2 aliphatic heterocycles. The molecule has 0 radical (unpaired) electrons. The average molecular weight is 930 g/mol. The highest BCUT2D eigenvalue weighted by atomic mass is 32.1. The first-order valence-corrected chi connectivity index (χ1v) is 27.0. The topological polar surface area (TPSA) is 6.48 Å². The number of fused-ring (bicyclic) bond motifs is 10. The molecule has 0 bridgehead atoms. The lowest BCUT2D eigenvalue weighted by Gasteiger charge is -2.49. The highest BCUT2D eigenvalue weighted by molar-refractivity contribution is 7.26. The van der Waals surface area contributed by atoms with E-state index in [1.807, 2.05) is 11.3 Å². The predicted octanol–water partition coefficient (Wildman–Crippen LogP) is 16.8. The predicted molar refractivity (Wildman–Crippen MR) is 303 cm³/mol. The first kappa shape index (κ1) is 41.9. The van der Waals surface area contributed by atoms with E-state index in [0.29, 0.717) is 5.56 Å². The van der Waals surface area contributed by atoms with Crippen molar-refractivity contribution in [2.45, 2.75) is 187 Å². The second kappa shape index (κ2) is 14.2. The molecular formula is C65H75BN2S. The van der Waals surface area contributed by atoms with Crippen LogP contribution in [0.5, 0.6) is 0 Å². The summed E-state index contributed by atoms with van der Waals surface area (Å²) in [7, 11) is 0. The quantitative estimate of drug-likeness (QED) is 0.159. The molecule has 6 aromatic carbocycles. The summed E-state index contributed by atoms with van der Waals surface area (Å²) >= 11 is 1.89. The molecule has 354 valence electrons. The van der Waals surface area contributed by atoms with Crippen molar-refractivity contribution in [2.75, 3.05) is 9.80 Å². The average Bonchev–Trinajstić information content (AvgIpc) is 3.67. The van der Waals surface area contributed by atoms with Gasteiger partial charge in [0.2, 0.25) is 0 Å². The van der Waals surface area contributed by atoms with Gasteiger partial charge in [0.05, 0.1) is 5.69 Å². The van der Waals surface area contributed by atoms with Gasteiger partial charge in [-0.05, 0) is 193 Å². The van der Waals surface area contributed by atoms with Crippen molar-refractivity contribution in [3.05, 3.63) is 136 Å². The lowest BCUT2D eigenvalue weighted by molar-refractivity contribution is 0.332. The molecule has 5 aliphatic rings. The van der Waals surface area contributed by atoms with E-state index in [1.165, 1.54) is 86.9 Å². The number of benzene rings is 6. The molecule has 12 rings (SSSR count). The second-order valence-electron chi connectivity index (χ2n) is 27.2. The van der Waals surface area contributed by atoms with Crippen molar-refractivity contribution in [2.24, 2.45) is 0 Å². The highest BCUT2D eigenvalue weighted by Crippen LogP contribution is 2.56. The maximum Gasteiger partial charge on any atom is 0.252 e. The smallest absolute Gasteiger partial charge is 0.252 e. The Bertz CT molecular complexity index is 3480. The van der Waals surface area contributed by atoms with E-state index in [-0.39, 0.29) is 44.6 Å². The molecule has 0 unspecified atom stereocenters. The maximum atomic E-state index is 9.33. The molecule has 0 N–H and O–H groups in total. The Kier molecular flexibility index (Phi) is 8.63. The van der Waals surface area contributed by atoms with Crippen LogP contribution in [0.1, 0.15) is 191 Å². The van der Waals surface area contributed by atoms with Crippen LogP contribution < -0.4 is 26.2 Å². The Morgan fingerprint density at radius 1 is 0.478 bits per heavy atom. The fourth-order valence-electron chi connectivity index (χ4n) is 14.1. The number of thiophene rings is 1. The molecule has 0 saturated heterocycles. The third kappa shape index (κ3) is 6.48. The van der Waals surface area contributed by atoms with Crippen LogP contribution in [-0.2, 0) is 37.9 Å². The Hall–Kier alpha value is -4.80. The summed E-state index contributed by atoms with van der Waals surface area (Å²) in [6, 6.07) is 35.4. The second-order valence-corrected chi connectivity index (χ2v) is 28.2. The molecular weight excluding hydrogens is 852 g/mol. The van der Waals surface area contributed by atoms with Gasteiger partial charge in [-0.15, -0.1) is 11.3 Å². The van der Waals surface area contributed by atoms with Crippen molar-refractivity contribution in [1.29, 1.82) is 0 Å². The SMILES string of the molecule is [2H]C([2H])([2H])c1cc2c3c(c1)N(c1ccc4c(sc5ccccc54)c1C(C)(C)C)c1cc4c(cc1B3c1cc3c(cc1N2c1ccc2c(c1)C(C)(C)CCC2(C)C)C(C)(C)CCC3(C)C)C(C)(C)CCC4(C)C. The van der Waals surface area contributed by atoms with Gasteiger partial charge in [-0.2, -0.15) is 0 Å². The first-order chi connectivity index (χ1) is 33.4. The van der Waals surface area contributed by atoms with Crippen molar-refractivity contribution in [1.82, 2.24) is 0 Å². The highest BCUT2D eigenvalue weighted by Gasteiger charge is 2.49. The zero-order valence-corrected chi connectivity index (χ0v) is 45.1. The van der Waals surface area contributed by atoms with Gasteiger partial charge in [0, 0.05) is 52.7 Å². The van der Waals surface area contributed by atoms with E-state index in [4.69, 9.17) is 0 Å². The van der Waals surface area contributed by atoms with Crippen LogP contribution >= 0.6 is 11.3 Å². The summed E-state index contributed by atoms with van der Waals surface area (Å²) in [5, 5.41) is 2.56. The number of anilines is 6. The van der Waals surface area contributed by atoms with E-state index in [9.17, 15) is 4.11 Å². The third-order valence-electron chi connectivity index (χ3n) is 18.6. The van der Waals surface area contributed by atoms with E-state index in [0.717, 1.165) is 61.3 Å². The molecule has 0 saturated carbocycles. The maximum absolute atomic E-state index is 9.33. The summed E-state index contributed by atoms with van der Waals surface area (Å²) in [5.41, 5.74) is 20.2. The normalized spacial score (nSPS) is 21.6. The largest absolute Gasteiger partial charge is 0.311 e. The zero-order chi connectivity index (χ0) is 51.4. The summed E-state index contributed by atoms with van der Waals surface area (Å²) in [6.45, 7) is 33.8. The van der Waals surface area contributed by atoms with E-state index >= 15 is 0 Å². The molecule has 2 nitrogen and oxygen atoms in total. The van der Waals surface area contributed by atoms with E-state index in [2.05, 4.69) is 205 Å². The van der Waals surface area contributed by atoms with Crippen LogP contribution in [-0.4, -0.2) is 6.71 Å². The molecule has 3 aliphatic carbocycles. The van der Waals surface area contributed by atoms with Gasteiger partial charge in [-0.25, -0.2) is 0 Å². The van der Waals surface area contributed by atoms with Crippen LogP contribution in [0.4, 0.5) is 34.1 Å². The van der Waals surface area contributed by atoms with Crippen LogP contribution in [0.25, 0.3) is 20.2 Å².